The van der Waals surface area contributed by atoms with E-state index in [0.29, 0.717) is 10.7 Å². The number of anilines is 2. The van der Waals surface area contributed by atoms with Crippen LogP contribution in [-0.2, 0) is 0 Å². The average molecular weight is 340 g/mol. The number of alkyl halides is 2. The molecule has 0 amide bonds. The van der Waals surface area contributed by atoms with Gasteiger partial charge in [0.2, 0.25) is 0 Å². The van der Waals surface area contributed by atoms with E-state index in [1.807, 2.05) is 0 Å². The lowest BCUT2D eigenvalue weighted by Gasteiger charge is -2.10. The van der Waals surface area contributed by atoms with Gasteiger partial charge in [0, 0.05) is 11.6 Å². The fourth-order valence-electron chi connectivity index (χ4n) is 1.76. The zero-order valence-electron chi connectivity index (χ0n) is 12.1. The third-order valence-corrected chi connectivity index (χ3v) is 3.72. The SMILES string of the molecule is C[C@H](Sc1nc(N)cc(N)n1)C(=O)c1ccc(OC(F)F)cc1. The number of ketones is 1. The van der Waals surface area contributed by atoms with E-state index in [4.69, 9.17) is 11.5 Å². The summed E-state index contributed by atoms with van der Waals surface area (Å²) in [5, 5.41) is -0.209. The molecule has 0 aliphatic heterocycles. The number of carbonyl (C=O) groups excluding carboxylic acids is 1. The maximum absolute atomic E-state index is 12.3. The number of rotatable bonds is 6. The fourth-order valence-corrected chi connectivity index (χ4v) is 2.64. The van der Waals surface area contributed by atoms with Crippen molar-refractivity contribution in [1.29, 1.82) is 0 Å². The third-order valence-electron chi connectivity index (χ3n) is 2.76. The van der Waals surface area contributed by atoms with Crippen LogP contribution >= 0.6 is 11.8 Å². The van der Waals surface area contributed by atoms with Crippen LogP contribution in [0, 0.1) is 0 Å². The molecule has 0 saturated heterocycles. The maximum Gasteiger partial charge on any atom is 0.387 e. The highest BCUT2D eigenvalue weighted by molar-refractivity contribution is 8.00. The summed E-state index contributed by atoms with van der Waals surface area (Å²) in [4.78, 5) is 20.3. The Kier molecular flexibility index (Phi) is 5.32. The summed E-state index contributed by atoms with van der Waals surface area (Å²) in [7, 11) is 0. The first kappa shape index (κ1) is 16.9. The minimum absolute atomic E-state index is 0.0104. The lowest BCUT2D eigenvalue weighted by molar-refractivity contribution is -0.0498. The number of hydrogen-bond acceptors (Lipinski definition) is 7. The summed E-state index contributed by atoms with van der Waals surface area (Å²) in [6, 6.07) is 6.88. The van der Waals surface area contributed by atoms with Crippen molar-refractivity contribution in [2.75, 3.05) is 11.5 Å². The van der Waals surface area contributed by atoms with E-state index in [9.17, 15) is 13.6 Å². The van der Waals surface area contributed by atoms with Gasteiger partial charge in [-0.25, -0.2) is 9.97 Å². The van der Waals surface area contributed by atoms with Gasteiger partial charge >= 0.3 is 6.61 Å². The van der Waals surface area contributed by atoms with E-state index in [-0.39, 0.29) is 23.2 Å². The number of hydrogen-bond donors (Lipinski definition) is 2. The number of nitrogen functional groups attached to an aromatic ring is 2. The standard InChI is InChI=1S/C14H14F2N4O2S/c1-7(23-14-19-10(17)6-11(18)20-14)12(21)8-2-4-9(5-3-8)22-13(15)16/h2-7,13H,1H3,(H4,17,18,19,20)/t7-/m0/s1. The zero-order valence-corrected chi connectivity index (χ0v) is 12.9. The zero-order chi connectivity index (χ0) is 17.0. The van der Waals surface area contributed by atoms with Crippen molar-refractivity contribution in [2.24, 2.45) is 0 Å². The first-order chi connectivity index (χ1) is 10.8. The number of carbonyl (C=O) groups is 1. The van der Waals surface area contributed by atoms with E-state index < -0.39 is 11.9 Å². The highest BCUT2D eigenvalue weighted by Crippen LogP contribution is 2.25. The van der Waals surface area contributed by atoms with Gasteiger partial charge in [-0.2, -0.15) is 8.78 Å². The summed E-state index contributed by atoms with van der Waals surface area (Å²) in [6.07, 6.45) is 0. The molecular weight excluding hydrogens is 326 g/mol. The topological polar surface area (TPSA) is 104 Å². The van der Waals surface area contributed by atoms with Gasteiger partial charge in [0.25, 0.3) is 0 Å². The van der Waals surface area contributed by atoms with E-state index in [1.165, 1.54) is 30.3 Å². The molecule has 0 aliphatic rings. The number of aromatic nitrogens is 2. The Morgan fingerprint density at radius 3 is 2.26 bits per heavy atom. The second-order valence-electron chi connectivity index (χ2n) is 4.53. The minimum Gasteiger partial charge on any atom is -0.435 e. The molecule has 0 radical (unpaired) electrons. The second-order valence-corrected chi connectivity index (χ2v) is 5.84. The maximum atomic E-state index is 12.3. The molecule has 23 heavy (non-hydrogen) atoms. The average Bonchev–Trinajstić information content (AvgIpc) is 2.45. The van der Waals surface area contributed by atoms with Gasteiger partial charge in [0.1, 0.15) is 17.4 Å². The monoisotopic (exact) mass is 340 g/mol. The summed E-state index contributed by atoms with van der Waals surface area (Å²) in [5.41, 5.74) is 11.5. The van der Waals surface area contributed by atoms with Crippen molar-refractivity contribution >= 4 is 29.2 Å². The van der Waals surface area contributed by atoms with Crippen molar-refractivity contribution in [1.82, 2.24) is 9.97 Å². The quantitative estimate of drug-likeness (QED) is 0.473. The molecule has 0 fully saturated rings. The second kappa shape index (κ2) is 7.23. The van der Waals surface area contributed by atoms with Gasteiger partial charge in [-0.3, -0.25) is 4.79 Å². The van der Waals surface area contributed by atoms with Gasteiger partial charge in [0.15, 0.2) is 10.9 Å². The van der Waals surface area contributed by atoms with Gasteiger partial charge in [-0.1, -0.05) is 11.8 Å². The number of Topliss-reactive ketones (excluding diaryl/α,β-unsaturated/α-hetero) is 1. The summed E-state index contributed by atoms with van der Waals surface area (Å²) >= 11 is 1.11. The highest BCUT2D eigenvalue weighted by Gasteiger charge is 2.18. The summed E-state index contributed by atoms with van der Waals surface area (Å²) < 4.78 is 28.4. The van der Waals surface area contributed by atoms with Crippen molar-refractivity contribution < 1.29 is 18.3 Å². The molecular formula is C14H14F2N4O2S. The largest absolute Gasteiger partial charge is 0.435 e. The molecule has 1 atom stereocenters. The van der Waals surface area contributed by atoms with Gasteiger partial charge in [-0.15, -0.1) is 0 Å². The van der Waals surface area contributed by atoms with Gasteiger partial charge in [0.05, 0.1) is 5.25 Å². The number of nitrogens with two attached hydrogens (primary N) is 2. The number of nitrogens with zero attached hydrogens (tertiary/aromatic N) is 2. The smallest absolute Gasteiger partial charge is 0.387 e. The number of benzene rings is 1. The Labute approximate surface area is 135 Å². The molecule has 0 unspecified atom stereocenters. The van der Waals surface area contributed by atoms with Crippen molar-refractivity contribution in [3.63, 3.8) is 0 Å². The van der Waals surface area contributed by atoms with Crippen LogP contribution in [0.4, 0.5) is 20.4 Å². The molecule has 4 N–H and O–H groups in total. The Bertz CT molecular complexity index is 677. The molecule has 0 aliphatic carbocycles. The Morgan fingerprint density at radius 2 is 1.74 bits per heavy atom. The molecule has 122 valence electrons. The third kappa shape index (κ3) is 4.78. The molecule has 1 aromatic heterocycles. The van der Waals surface area contributed by atoms with Crippen LogP contribution in [0.1, 0.15) is 17.3 Å². The van der Waals surface area contributed by atoms with E-state index >= 15 is 0 Å². The Morgan fingerprint density at radius 1 is 1.17 bits per heavy atom. The highest BCUT2D eigenvalue weighted by atomic mass is 32.2. The van der Waals surface area contributed by atoms with E-state index in [0.717, 1.165) is 11.8 Å². The number of halogens is 2. The van der Waals surface area contributed by atoms with Crippen LogP contribution in [0.25, 0.3) is 0 Å². The van der Waals surface area contributed by atoms with Crippen molar-refractivity contribution in [3.8, 4) is 5.75 Å². The van der Waals surface area contributed by atoms with Crippen LogP contribution in [0.3, 0.4) is 0 Å². The minimum atomic E-state index is -2.91. The van der Waals surface area contributed by atoms with Crippen LogP contribution in [0.5, 0.6) is 5.75 Å². The molecule has 0 saturated carbocycles. The first-order valence-electron chi connectivity index (χ1n) is 6.51. The molecule has 0 bridgehead atoms. The van der Waals surface area contributed by atoms with Crippen LogP contribution in [0.2, 0.25) is 0 Å². The molecule has 1 heterocycles. The Hall–Kier alpha value is -2.42. The van der Waals surface area contributed by atoms with Gasteiger partial charge < -0.3 is 16.2 Å². The lowest BCUT2D eigenvalue weighted by atomic mass is 10.1. The van der Waals surface area contributed by atoms with Crippen molar-refractivity contribution in [2.45, 2.75) is 23.9 Å². The molecule has 9 heteroatoms. The van der Waals surface area contributed by atoms with Gasteiger partial charge in [-0.05, 0) is 31.2 Å². The predicted molar refractivity (Wildman–Crippen MR) is 83.6 cm³/mol. The summed E-state index contributed by atoms with van der Waals surface area (Å²) in [6.45, 7) is -1.23. The van der Waals surface area contributed by atoms with Crippen LogP contribution in [-0.4, -0.2) is 27.6 Å². The predicted octanol–water partition coefficient (Wildman–Crippen LogP) is 2.61. The molecule has 2 aromatic rings. The molecule has 1 aromatic carbocycles. The van der Waals surface area contributed by atoms with Crippen molar-refractivity contribution in [3.05, 3.63) is 35.9 Å². The first-order valence-corrected chi connectivity index (χ1v) is 7.39. The molecule has 0 spiro atoms. The molecule has 2 rings (SSSR count). The molecule has 6 nitrogen and oxygen atoms in total. The van der Waals surface area contributed by atoms with Crippen LogP contribution in [0.15, 0.2) is 35.5 Å². The fraction of sp³-hybridized carbons (Fsp3) is 0.214. The van der Waals surface area contributed by atoms with E-state index in [2.05, 4.69) is 14.7 Å². The normalized spacial score (nSPS) is 12.2. The Balaban J connectivity index is 2.07. The number of ether oxygens (including phenoxy) is 1. The summed E-state index contributed by atoms with van der Waals surface area (Å²) in [5.74, 6) is 0.216. The lowest BCUT2D eigenvalue weighted by Crippen LogP contribution is -2.14. The number of thioether (sulfide) groups is 1. The van der Waals surface area contributed by atoms with Crippen LogP contribution < -0.4 is 16.2 Å². The van der Waals surface area contributed by atoms with E-state index in [1.54, 1.807) is 6.92 Å².